The second kappa shape index (κ2) is 11.2. The quantitative estimate of drug-likeness (QED) is 0.360. The number of carbonyl (C=O) groups is 2. The summed E-state index contributed by atoms with van der Waals surface area (Å²) < 4.78 is 57.7. The first-order valence-electron chi connectivity index (χ1n) is 11.3. The molecule has 1 aromatic carbocycles. The van der Waals surface area contributed by atoms with Crippen molar-refractivity contribution in [1.82, 2.24) is 9.29 Å². The number of aliphatic carboxylic acids is 1. The molecule has 1 saturated heterocycles. The van der Waals surface area contributed by atoms with E-state index in [1.54, 1.807) is 22.6 Å². The van der Waals surface area contributed by atoms with Gasteiger partial charge in [-0.2, -0.15) is 13.2 Å². The normalized spacial score (nSPS) is 15.4. The molecule has 202 valence electrons. The highest BCUT2D eigenvalue weighted by Gasteiger charge is 2.38. The number of piperidine rings is 1. The zero-order valence-corrected chi connectivity index (χ0v) is 21.5. The van der Waals surface area contributed by atoms with Crippen LogP contribution in [0.25, 0.3) is 22.0 Å². The molecule has 1 amide bonds. The van der Waals surface area contributed by atoms with Crippen molar-refractivity contribution in [1.29, 1.82) is 0 Å². The molecule has 6 N–H and O–H groups in total. The Balaban J connectivity index is 0.000000479. The molecule has 0 bridgehead atoms. The Morgan fingerprint density at radius 3 is 2.30 bits per heavy atom. The van der Waals surface area contributed by atoms with E-state index in [-0.39, 0.29) is 11.7 Å². The van der Waals surface area contributed by atoms with Gasteiger partial charge in [0.05, 0.1) is 16.8 Å². The Bertz CT molecular complexity index is 1390. The lowest BCUT2D eigenvalue weighted by Gasteiger charge is -2.31. The zero-order valence-electron chi connectivity index (χ0n) is 19.8. The van der Waals surface area contributed by atoms with Crippen LogP contribution in [0, 0.1) is 0 Å². The van der Waals surface area contributed by atoms with Gasteiger partial charge in [-0.1, -0.05) is 0 Å². The number of nitrogens with two attached hydrogens (primary N) is 2. The van der Waals surface area contributed by atoms with Crippen LogP contribution < -0.4 is 11.5 Å². The number of thiophene rings is 1. The first-order valence-corrected chi connectivity index (χ1v) is 13.8. The fraction of sp³-hybridized carbons (Fsp3) is 0.391. The van der Waals surface area contributed by atoms with Gasteiger partial charge in [0.1, 0.15) is 0 Å². The van der Waals surface area contributed by atoms with Gasteiger partial charge < -0.3 is 21.6 Å². The summed E-state index contributed by atoms with van der Waals surface area (Å²) in [6.45, 7) is 3.18. The molecule has 37 heavy (non-hydrogen) atoms. The molecule has 0 saturated carbocycles. The van der Waals surface area contributed by atoms with Crippen molar-refractivity contribution in [3.8, 4) is 11.1 Å². The van der Waals surface area contributed by atoms with Crippen LogP contribution >= 0.6 is 11.3 Å². The van der Waals surface area contributed by atoms with Crippen LogP contribution in [-0.4, -0.2) is 59.7 Å². The number of hydrogen-bond acceptors (Lipinski definition) is 6. The Kier molecular flexibility index (Phi) is 8.67. The van der Waals surface area contributed by atoms with E-state index in [0.29, 0.717) is 25.2 Å². The molecule has 9 nitrogen and oxygen atoms in total. The van der Waals surface area contributed by atoms with E-state index < -0.39 is 28.1 Å². The van der Waals surface area contributed by atoms with Crippen LogP contribution in [0.3, 0.4) is 0 Å². The lowest BCUT2D eigenvalue weighted by atomic mass is 9.88. The number of H-pyrrole nitrogens is 1. The number of halogens is 3. The van der Waals surface area contributed by atoms with Crippen molar-refractivity contribution < 1.29 is 36.3 Å². The van der Waals surface area contributed by atoms with Gasteiger partial charge in [0.25, 0.3) is 5.91 Å². The summed E-state index contributed by atoms with van der Waals surface area (Å²) in [7, 11) is -3.16. The highest BCUT2D eigenvalue weighted by molar-refractivity contribution is 7.89. The summed E-state index contributed by atoms with van der Waals surface area (Å²) in [5.41, 5.74) is 15.7. The van der Waals surface area contributed by atoms with Crippen LogP contribution in [-0.2, 0) is 21.4 Å². The Labute approximate surface area is 215 Å². The average molecular weight is 561 g/mol. The fourth-order valence-corrected chi connectivity index (χ4v) is 6.12. The first-order chi connectivity index (χ1) is 17.3. The van der Waals surface area contributed by atoms with Crippen molar-refractivity contribution in [3.05, 3.63) is 45.8 Å². The van der Waals surface area contributed by atoms with Crippen molar-refractivity contribution in [2.24, 2.45) is 11.5 Å². The van der Waals surface area contributed by atoms with Crippen LogP contribution in [0.5, 0.6) is 0 Å². The third kappa shape index (κ3) is 6.50. The number of carboxylic acids is 1. The minimum absolute atomic E-state index is 0.127. The molecule has 2 aromatic heterocycles. The Hall–Kier alpha value is -2.94. The number of alkyl halides is 3. The summed E-state index contributed by atoms with van der Waals surface area (Å²) in [6, 6.07) is 5.95. The highest BCUT2D eigenvalue weighted by Crippen LogP contribution is 2.38. The third-order valence-corrected chi connectivity index (χ3v) is 9.01. The maximum Gasteiger partial charge on any atom is 0.490 e. The monoisotopic (exact) mass is 560 g/mol. The van der Waals surface area contributed by atoms with Gasteiger partial charge in [-0.05, 0) is 66.0 Å². The topological polar surface area (TPSA) is 160 Å². The number of carbonyl (C=O) groups excluding carboxylic acids is 1. The number of aromatic nitrogens is 1. The van der Waals surface area contributed by atoms with E-state index in [0.717, 1.165) is 45.3 Å². The van der Waals surface area contributed by atoms with Gasteiger partial charge >= 0.3 is 12.1 Å². The highest BCUT2D eigenvalue weighted by atomic mass is 32.2. The van der Waals surface area contributed by atoms with Gasteiger partial charge in [0.2, 0.25) is 10.0 Å². The maximum atomic E-state index is 12.2. The average Bonchev–Trinajstić information content (AvgIpc) is 3.50. The minimum Gasteiger partial charge on any atom is -0.475 e. The van der Waals surface area contributed by atoms with E-state index in [4.69, 9.17) is 21.4 Å². The summed E-state index contributed by atoms with van der Waals surface area (Å²) in [6.07, 6.45) is -1.65. The number of nitrogens with zero attached hydrogens (tertiary/aromatic N) is 1. The van der Waals surface area contributed by atoms with Crippen LogP contribution in [0.1, 0.15) is 46.5 Å². The molecule has 1 fully saturated rings. The SMILES string of the molecule is CCS(=O)(=O)N1CCC(c2c[nH]c3c(C(N)=O)cc(-c4csc(CN)c4)cc23)CC1.O=C(O)C(F)(F)F. The number of benzene rings is 1. The summed E-state index contributed by atoms with van der Waals surface area (Å²) in [4.78, 5) is 25.3. The zero-order chi connectivity index (χ0) is 27.5. The van der Waals surface area contributed by atoms with Crippen LogP contribution in [0.4, 0.5) is 13.2 Å². The number of amides is 1. The van der Waals surface area contributed by atoms with E-state index in [1.807, 2.05) is 23.7 Å². The second-order valence-corrected chi connectivity index (χ2v) is 11.7. The van der Waals surface area contributed by atoms with Gasteiger partial charge in [0.15, 0.2) is 0 Å². The molecule has 3 aromatic rings. The van der Waals surface area contributed by atoms with Crippen molar-refractivity contribution in [2.75, 3.05) is 18.8 Å². The molecule has 3 heterocycles. The van der Waals surface area contributed by atoms with Crippen molar-refractivity contribution in [3.63, 3.8) is 0 Å². The van der Waals surface area contributed by atoms with E-state index in [2.05, 4.69) is 11.1 Å². The molecular formula is C23H27F3N4O5S2. The number of aromatic amines is 1. The third-order valence-electron chi connectivity index (χ3n) is 6.17. The summed E-state index contributed by atoms with van der Waals surface area (Å²) >= 11 is 1.59. The number of fused-ring (bicyclic) bond motifs is 1. The maximum absolute atomic E-state index is 12.2. The van der Waals surface area contributed by atoms with Crippen molar-refractivity contribution >= 4 is 44.1 Å². The lowest BCUT2D eigenvalue weighted by molar-refractivity contribution is -0.192. The van der Waals surface area contributed by atoms with Gasteiger partial charge in [-0.25, -0.2) is 17.5 Å². The molecule has 1 aliphatic heterocycles. The molecule has 0 aliphatic carbocycles. The number of sulfonamides is 1. The summed E-state index contributed by atoms with van der Waals surface area (Å²) in [5, 5.41) is 10.1. The number of primary amides is 1. The predicted octanol–water partition coefficient (Wildman–Crippen LogP) is 3.62. The van der Waals surface area contributed by atoms with Crippen LogP contribution in [0.15, 0.2) is 29.8 Å². The van der Waals surface area contributed by atoms with Gasteiger partial charge in [-0.15, -0.1) is 11.3 Å². The molecular weight excluding hydrogens is 533 g/mol. The van der Waals surface area contributed by atoms with Crippen LogP contribution in [0.2, 0.25) is 0 Å². The molecule has 0 spiro atoms. The number of carboxylic acid groups (broad SMARTS) is 1. The number of hydrogen-bond donors (Lipinski definition) is 4. The lowest BCUT2D eigenvalue weighted by Crippen LogP contribution is -2.38. The number of nitrogens with one attached hydrogen (secondary N) is 1. The first kappa shape index (κ1) is 28.6. The largest absolute Gasteiger partial charge is 0.490 e. The van der Waals surface area contributed by atoms with E-state index >= 15 is 0 Å². The predicted molar refractivity (Wildman–Crippen MR) is 135 cm³/mol. The Morgan fingerprint density at radius 2 is 1.81 bits per heavy atom. The molecule has 0 unspecified atom stereocenters. The summed E-state index contributed by atoms with van der Waals surface area (Å²) in [5.74, 6) is -2.89. The minimum atomic E-state index is -5.08. The molecule has 1 aliphatic rings. The fourth-order valence-electron chi connectivity index (χ4n) is 4.22. The van der Waals surface area contributed by atoms with E-state index in [9.17, 15) is 26.4 Å². The molecule has 4 rings (SSSR count). The molecule has 0 atom stereocenters. The smallest absolute Gasteiger partial charge is 0.475 e. The van der Waals surface area contributed by atoms with Gasteiger partial charge in [-0.3, -0.25) is 4.79 Å². The van der Waals surface area contributed by atoms with Crippen molar-refractivity contribution in [2.45, 2.75) is 38.4 Å². The molecule has 14 heteroatoms. The standard InChI is InChI=1S/C21H26N4O3S2.C2HF3O2/c1-2-30(27,28)25-5-3-13(4-6-25)19-11-24-20-17(19)8-14(9-18(20)21(23)26)15-7-16(10-22)29-12-15;3-2(4,5)1(6)7/h7-9,11-13,24H,2-6,10,22H2,1H3,(H2,23,26);(H,6,7). The molecule has 0 radical (unpaired) electrons. The van der Waals surface area contributed by atoms with E-state index in [1.165, 1.54) is 0 Å². The Morgan fingerprint density at radius 1 is 1.19 bits per heavy atom. The van der Waals surface area contributed by atoms with Gasteiger partial charge in [0, 0.05) is 36.1 Å². The second-order valence-electron chi connectivity index (χ2n) is 8.44. The number of rotatable bonds is 6.